The summed E-state index contributed by atoms with van der Waals surface area (Å²) < 4.78 is 1.83. The van der Waals surface area contributed by atoms with Crippen LogP contribution in [0.15, 0.2) is 36.5 Å². The zero-order valence-corrected chi connectivity index (χ0v) is 8.29. The topological polar surface area (TPSA) is 54.6 Å². The molecule has 16 heavy (non-hydrogen) atoms. The van der Waals surface area contributed by atoms with Crippen molar-refractivity contribution in [2.45, 2.75) is 0 Å². The van der Waals surface area contributed by atoms with E-state index in [0.717, 1.165) is 22.8 Å². The molecular formula is C12H8N2O2. The molecule has 2 heterocycles. The van der Waals surface area contributed by atoms with E-state index < -0.39 is 0 Å². The molecule has 1 aromatic carbocycles. The quantitative estimate of drug-likeness (QED) is 0.628. The van der Waals surface area contributed by atoms with Crippen molar-refractivity contribution in [3.05, 3.63) is 42.2 Å². The van der Waals surface area contributed by atoms with Crippen LogP contribution in [0, 0.1) is 0 Å². The van der Waals surface area contributed by atoms with Gasteiger partial charge in [0.15, 0.2) is 6.29 Å². The van der Waals surface area contributed by atoms with Crippen LogP contribution in [-0.4, -0.2) is 20.8 Å². The summed E-state index contributed by atoms with van der Waals surface area (Å²) in [6, 6.07) is 8.77. The number of imidazole rings is 1. The number of hydrogen-bond donors (Lipinski definition) is 1. The first kappa shape index (κ1) is 8.91. The lowest BCUT2D eigenvalue weighted by Gasteiger charge is -2.01. The lowest BCUT2D eigenvalue weighted by molar-refractivity contribution is 0.111. The first-order chi connectivity index (χ1) is 7.78. The van der Waals surface area contributed by atoms with Crippen molar-refractivity contribution >= 4 is 22.8 Å². The maximum Gasteiger partial charge on any atom is 0.170 e. The number of fused-ring (bicyclic) bond motifs is 3. The molecule has 0 bridgehead atoms. The molecule has 0 aliphatic carbocycles. The fourth-order valence-electron chi connectivity index (χ4n) is 1.84. The van der Waals surface area contributed by atoms with Gasteiger partial charge in [-0.25, -0.2) is 4.98 Å². The molecule has 0 atom stereocenters. The Balaban J connectivity index is 2.48. The fourth-order valence-corrected chi connectivity index (χ4v) is 1.84. The summed E-state index contributed by atoms with van der Waals surface area (Å²) in [5.74, 6) is 0.225. The number of rotatable bonds is 1. The van der Waals surface area contributed by atoms with Crippen LogP contribution in [0.1, 0.15) is 10.5 Å². The fraction of sp³-hybridized carbons (Fsp3) is 0. The van der Waals surface area contributed by atoms with E-state index in [9.17, 15) is 9.90 Å². The van der Waals surface area contributed by atoms with Crippen LogP contribution in [0.25, 0.3) is 16.6 Å². The molecule has 0 radical (unpaired) electrons. The number of phenolic OH excluding ortho intramolecular Hbond substituents is 1. The number of aldehydes is 1. The number of phenols is 1. The highest BCUT2D eigenvalue weighted by atomic mass is 16.3. The molecule has 4 nitrogen and oxygen atoms in total. The lowest BCUT2D eigenvalue weighted by Crippen LogP contribution is -1.85. The third-order valence-electron chi connectivity index (χ3n) is 2.56. The van der Waals surface area contributed by atoms with Crippen molar-refractivity contribution in [1.29, 1.82) is 0 Å². The van der Waals surface area contributed by atoms with Crippen molar-refractivity contribution in [2.75, 3.05) is 0 Å². The van der Waals surface area contributed by atoms with Crippen LogP contribution in [-0.2, 0) is 0 Å². The molecule has 3 aromatic rings. The van der Waals surface area contributed by atoms with Gasteiger partial charge < -0.3 is 5.11 Å². The summed E-state index contributed by atoms with van der Waals surface area (Å²) in [6.45, 7) is 0. The molecule has 0 unspecified atom stereocenters. The minimum absolute atomic E-state index is 0.225. The molecule has 1 N–H and O–H groups in total. The van der Waals surface area contributed by atoms with E-state index in [4.69, 9.17) is 0 Å². The van der Waals surface area contributed by atoms with E-state index in [2.05, 4.69) is 4.98 Å². The average Bonchev–Trinajstić information content (AvgIpc) is 2.71. The molecule has 0 aliphatic rings. The number of hydrogen-bond acceptors (Lipinski definition) is 3. The summed E-state index contributed by atoms with van der Waals surface area (Å²) in [5, 5.41) is 10.3. The Morgan fingerprint density at radius 3 is 2.94 bits per heavy atom. The minimum Gasteiger partial charge on any atom is -0.508 e. The van der Waals surface area contributed by atoms with Crippen LogP contribution in [0.4, 0.5) is 0 Å². The van der Waals surface area contributed by atoms with Crippen LogP contribution >= 0.6 is 0 Å². The predicted octanol–water partition coefficient (Wildman–Crippen LogP) is 2.01. The van der Waals surface area contributed by atoms with Crippen LogP contribution in [0.5, 0.6) is 5.75 Å². The summed E-state index contributed by atoms with van der Waals surface area (Å²) in [5.41, 5.74) is 2.04. The molecule has 4 heteroatoms. The number of pyridine rings is 1. The summed E-state index contributed by atoms with van der Waals surface area (Å²) in [6.07, 6.45) is 2.40. The molecular weight excluding hydrogens is 204 g/mol. The largest absolute Gasteiger partial charge is 0.508 e. The SMILES string of the molecule is O=Cc1cn2c(ccc3cc(O)ccc32)n1. The van der Waals surface area contributed by atoms with Crippen molar-refractivity contribution in [3.8, 4) is 5.75 Å². The van der Waals surface area contributed by atoms with Gasteiger partial charge in [0.1, 0.15) is 17.1 Å². The van der Waals surface area contributed by atoms with Crippen LogP contribution in [0.3, 0.4) is 0 Å². The molecule has 0 fully saturated rings. The zero-order valence-electron chi connectivity index (χ0n) is 8.29. The van der Waals surface area contributed by atoms with E-state index >= 15 is 0 Å². The maximum absolute atomic E-state index is 10.7. The molecule has 0 saturated carbocycles. The van der Waals surface area contributed by atoms with Gasteiger partial charge in [0, 0.05) is 11.6 Å². The van der Waals surface area contributed by atoms with E-state index in [0.29, 0.717) is 5.69 Å². The summed E-state index contributed by atoms with van der Waals surface area (Å²) in [4.78, 5) is 14.8. The van der Waals surface area contributed by atoms with Gasteiger partial charge >= 0.3 is 0 Å². The second kappa shape index (κ2) is 3.06. The Hall–Kier alpha value is -2.36. The van der Waals surface area contributed by atoms with Gasteiger partial charge in [-0.05, 0) is 30.3 Å². The highest BCUT2D eigenvalue weighted by Gasteiger charge is 2.04. The Bertz CT molecular complexity index is 701. The van der Waals surface area contributed by atoms with Crippen molar-refractivity contribution in [3.63, 3.8) is 0 Å². The molecule has 0 amide bonds. The Morgan fingerprint density at radius 1 is 1.25 bits per heavy atom. The highest BCUT2D eigenvalue weighted by Crippen LogP contribution is 2.21. The summed E-state index contributed by atoms with van der Waals surface area (Å²) in [7, 11) is 0. The first-order valence-electron chi connectivity index (χ1n) is 4.84. The number of aromatic nitrogens is 2. The highest BCUT2D eigenvalue weighted by molar-refractivity contribution is 5.84. The molecule has 78 valence electrons. The molecule has 0 saturated heterocycles. The zero-order chi connectivity index (χ0) is 11.1. The van der Waals surface area contributed by atoms with E-state index in [1.165, 1.54) is 0 Å². The Kier molecular flexibility index (Phi) is 1.71. The molecule has 0 spiro atoms. The van der Waals surface area contributed by atoms with E-state index in [1.54, 1.807) is 24.4 Å². The van der Waals surface area contributed by atoms with Crippen molar-refractivity contribution in [2.24, 2.45) is 0 Å². The number of carbonyl (C=O) groups is 1. The second-order valence-electron chi connectivity index (χ2n) is 3.59. The third-order valence-corrected chi connectivity index (χ3v) is 2.56. The lowest BCUT2D eigenvalue weighted by atomic mass is 10.2. The van der Waals surface area contributed by atoms with Gasteiger partial charge in [0.05, 0.1) is 5.52 Å². The maximum atomic E-state index is 10.7. The minimum atomic E-state index is 0.225. The van der Waals surface area contributed by atoms with E-state index in [-0.39, 0.29) is 5.75 Å². The molecule has 0 aliphatic heterocycles. The van der Waals surface area contributed by atoms with Crippen molar-refractivity contribution < 1.29 is 9.90 Å². The number of nitrogens with zero attached hydrogens (tertiary/aromatic N) is 2. The van der Waals surface area contributed by atoms with Crippen molar-refractivity contribution in [1.82, 2.24) is 9.38 Å². The predicted molar refractivity (Wildman–Crippen MR) is 59.8 cm³/mol. The Morgan fingerprint density at radius 2 is 2.12 bits per heavy atom. The van der Waals surface area contributed by atoms with Gasteiger partial charge in [-0.3, -0.25) is 9.20 Å². The van der Waals surface area contributed by atoms with Gasteiger partial charge in [0.25, 0.3) is 0 Å². The number of carbonyl (C=O) groups excluding carboxylic acids is 1. The number of benzene rings is 1. The van der Waals surface area contributed by atoms with Crippen LogP contribution in [0.2, 0.25) is 0 Å². The first-order valence-corrected chi connectivity index (χ1v) is 4.84. The van der Waals surface area contributed by atoms with Gasteiger partial charge in [-0.1, -0.05) is 0 Å². The second-order valence-corrected chi connectivity index (χ2v) is 3.59. The van der Waals surface area contributed by atoms with Gasteiger partial charge in [0.2, 0.25) is 0 Å². The summed E-state index contributed by atoms with van der Waals surface area (Å²) >= 11 is 0. The number of aromatic hydroxyl groups is 1. The average molecular weight is 212 g/mol. The standard InChI is InChI=1S/C12H8N2O2/c15-7-9-6-14-11-3-2-10(16)5-8(11)1-4-12(14)13-9/h1-7,16H. The van der Waals surface area contributed by atoms with Crippen LogP contribution < -0.4 is 0 Å². The van der Waals surface area contributed by atoms with Gasteiger partial charge in [-0.2, -0.15) is 0 Å². The third kappa shape index (κ3) is 1.16. The van der Waals surface area contributed by atoms with Gasteiger partial charge in [-0.15, -0.1) is 0 Å². The normalized spacial score (nSPS) is 11.0. The molecule has 2 aromatic heterocycles. The Labute approximate surface area is 90.8 Å². The molecule has 3 rings (SSSR count). The van der Waals surface area contributed by atoms with E-state index in [1.807, 2.05) is 16.5 Å². The smallest absolute Gasteiger partial charge is 0.170 e. The monoisotopic (exact) mass is 212 g/mol.